The Labute approximate surface area is 173 Å². The third-order valence-electron chi connectivity index (χ3n) is 4.37. The molecule has 1 N–H and O–H groups in total. The van der Waals surface area contributed by atoms with Gasteiger partial charge in [0.1, 0.15) is 11.3 Å². The van der Waals surface area contributed by atoms with E-state index < -0.39 is 18.0 Å². The molecule has 8 heteroatoms. The van der Waals surface area contributed by atoms with E-state index in [2.05, 4.69) is 15.3 Å². The highest BCUT2D eigenvalue weighted by molar-refractivity contribution is 6.31. The average Bonchev–Trinajstić information content (AvgIpc) is 2.73. The maximum Gasteiger partial charge on any atom is 0.341 e. The molecule has 0 saturated heterocycles. The van der Waals surface area contributed by atoms with Crippen molar-refractivity contribution in [2.75, 3.05) is 12.4 Å². The zero-order chi connectivity index (χ0) is 21.0. The Balaban J connectivity index is 1.80. The van der Waals surface area contributed by atoms with E-state index >= 15 is 0 Å². The fourth-order valence-corrected chi connectivity index (χ4v) is 2.97. The monoisotopic (exact) mass is 413 g/mol. The zero-order valence-corrected chi connectivity index (χ0v) is 17.0. The number of rotatable bonds is 6. The first-order valence-corrected chi connectivity index (χ1v) is 9.38. The van der Waals surface area contributed by atoms with Crippen molar-refractivity contribution in [3.63, 3.8) is 0 Å². The molecule has 1 unspecified atom stereocenters. The topological polar surface area (TPSA) is 90.4 Å². The van der Waals surface area contributed by atoms with Crippen LogP contribution in [0.5, 0.6) is 5.75 Å². The van der Waals surface area contributed by atoms with Crippen LogP contribution in [0.3, 0.4) is 0 Å². The summed E-state index contributed by atoms with van der Waals surface area (Å²) in [5, 5.41) is 3.27. The van der Waals surface area contributed by atoms with Crippen molar-refractivity contribution >= 4 is 40.2 Å². The summed E-state index contributed by atoms with van der Waals surface area (Å²) in [7, 11) is 1.48. The summed E-state index contributed by atoms with van der Waals surface area (Å²) in [5.41, 5.74) is 2.47. The van der Waals surface area contributed by atoms with Crippen molar-refractivity contribution in [2.24, 2.45) is 0 Å². The number of halogens is 1. The van der Waals surface area contributed by atoms with E-state index in [1.165, 1.54) is 13.3 Å². The lowest BCUT2D eigenvalue weighted by atomic mass is 10.1. The molecule has 0 fully saturated rings. The Morgan fingerprint density at radius 1 is 1.21 bits per heavy atom. The van der Waals surface area contributed by atoms with Gasteiger partial charge in [-0.2, -0.15) is 0 Å². The summed E-state index contributed by atoms with van der Waals surface area (Å²) in [4.78, 5) is 33.8. The van der Waals surface area contributed by atoms with Gasteiger partial charge in [-0.25, -0.2) is 4.79 Å². The van der Waals surface area contributed by atoms with Gasteiger partial charge in [-0.3, -0.25) is 14.8 Å². The van der Waals surface area contributed by atoms with Crippen LogP contribution in [0.25, 0.3) is 11.0 Å². The molecule has 0 radical (unpaired) electrons. The number of nitrogens with one attached hydrogen (secondary N) is 1. The summed E-state index contributed by atoms with van der Waals surface area (Å²) in [5.74, 6) is -0.691. The molecule has 29 heavy (non-hydrogen) atoms. The predicted octanol–water partition coefficient (Wildman–Crippen LogP) is 4.17. The summed E-state index contributed by atoms with van der Waals surface area (Å²) in [6.07, 6.45) is 2.35. The lowest BCUT2D eigenvalue weighted by Gasteiger charge is -2.18. The normalized spacial score (nSPS) is 11.7. The van der Waals surface area contributed by atoms with Crippen LogP contribution in [-0.2, 0) is 9.53 Å². The molecule has 1 amide bonds. The third kappa shape index (κ3) is 4.46. The number of aromatic nitrogens is 2. The molecule has 3 rings (SSSR count). The minimum absolute atomic E-state index is 0.252. The number of carbonyl (C=O) groups is 2. The highest BCUT2D eigenvalue weighted by atomic mass is 35.5. The van der Waals surface area contributed by atoms with Gasteiger partial charge < -0.3 is 14.8 Å². The van der Waals surface area contributed by atoms with Gasteiger partial charge in [0.2, 0.25) is 0 Å². The molecule has 0 spiro atoms. The second-order valence-electron chi connectivity index (χ2n) is 6.32. The lowest BCUT2D eigenvalue weighted by molar-refractivity contribution is -0.124. The third-order valence-corrected chi connectivity index (χ3v) is 4.78. The van der Waals surface area contributed by atoms with E-state index in [0.29, 0.717) is 33.9 Å². The van der Waals surface area contributed by atoms with E-state index in [1.807, 2.05) is 6.92 Å². The van der Waals surface area contributed by atoms with Crippen molar-refractivity contribution in [1.82, 2.24) is 9.97 Å². The molecule has 0 saturated carbocycles. The largest absolute Gasteiger partial charge is 0.495 e. The van der Waals surface area contributed by atoms with Crippen LogP contribution in [0.1, 0.15) is 29.3 Å². The Hall–Kier alpha value is -3.19. The first-order valence-electron chi connectivity index (χ1n) is 9.00. The van der Waals surface area contributed by atoms with E-state index in [-0.39, 0.29) is 5.56 Å². The minimum atomic E-state index is -0.991. The van der Waals surface area contributed by atoms with Crippen molar-refractivity contribution in [3.8, 4) is 5.75 Å². The number of amides is 1. The van der Waals surface area contributed by atoms with Gasteiger partial charge in [0.25, 0.3) is 5.91 Å². The smallest absolute Gasteiger partial charge is 0.341 e. The number of ether oxygens (including phenoxy) is 2. The molecule has 2 aromatic carbocycles. The number of benzene rings is 2. The van der Waals surface area contributed by atoms with Crippen molar-refractivity contribution in [1.29, 1.82) is 0 Å². The van der Waals surface area contributed by atoms with Crippen LogP contribution < -0.4 is 10.1 Å². The number of carbonyl (C=O) groups excluding carboxylic acids is 2. The number of hydrogen-bond acceptors (Lipinski definition) is 6. The summed E-state index contributed by atoms with van der Waals surface area (Å²) >= 11 is 6.10. The molecule has 0 aliphatic carbocycles. The number of anilines is 1. The Bertz CT molecular complexity index is 1070. The molecular weight excluding hydrogens is 394 g/mol. The fourth-order valence-electron chi connectivity index (χ4n) is 2.82. The lowest BCUT2D eigenvalue weighted by Crippen LogP contribution is -2.32. The van der Waals surface area contributed by atoms with Gasteiger partial charge in [-0.15, -0.1) is 0 Å². The van der Waals surface area contributed by atoms with Crippen LogP contribution in [0.2, 0.25) is 5.02 Å². The number of esters is 1. The van der Waals surface area contributed by atoms with Gasteiger partial charge >= 0.3 is 5.97 Å². The molecule has 0 aliphatic heterocycles. The number of para-hydroxylation sites is 1. The molecule has 1 atom stereocenters. The van der Waals surface area contributed by atoms with Gasteiger partial charge in [0, 0.05) is 23.5 Å². The highest BCUT2D eigenvalue weighted by Gasteiger charge is 2.24. The minimum Gasteiger partial charge on any atom is -0.495 e. The summed E-state index contributed by atoms with van der Waals surface area (Å²) in [6.45, 7) is 3.57. The van der Waals surface area contributed by atoms with Crippen LogP contribution in [0, 0.1) is 6.92 Å². The Morgan fingerprint density at radius 3 is 2.69 bits per heavy atom. The van der Waals surface area contributed by atoms with E-state index in [0.717, 1.165) is 5.56 Å². The van der Waals surface area contributed by atoms with Crippen molar-refractivity contribution < 1.29 is 19.1 Å². The SMILES string of the molecule is CCC(OC(=O)c1cccc2nccnc12)C(=O)Nc1cc(C)c(Cl)cc1OC. The average molecular weight is 414 g/mol. The second-order valence-corrected chi connectivity index (χ2v) is 6.73. The molecule has 1 heterocycles. The zero-order valence-electron chi connectivity index (χ0n) is 16.2. The molecule has 150 valence electrons. The second kappa shape index (κ2) is 8.87. The predicted molar refractivity (Wildman–Crippen MR) is 110 cm³/mol. The van der Waals surface area contributed by atoms with Crippen LogP contribution in [0.4, 0.5) is 5.69 Å². The van der Waals surface area contributed by atoms with Gasteiger partial charge in [0.05, 0.1) is 23.9 Å². The van der Waals surface area contributed by atoms with E-state index in [9.17, 15) is 9.59 Å². The fraction of sp³-hybridized carbons (Fsp3) is 0.238. The number of hydrogen-bond donors (Lipinski definition) is 1. The van der Waals surface area contributed by atoms with Crippen molar-refractivity contribution in [3.05, 3.63) is 58.9 Å². The number of aryl methyl sites for hydroxylation is 1. The van der Waals surface area contributed by atoms with Crippen LogP contribution in [0.15, 0.2) is 42.7 Å². The molecular formula is C21H20ClN3O4. The molecule has 0 bridgehead atoms. The molecule has 1 aromatic heterocycles. The number of nitrogens with zero attached hydrogens (tertiary/aromatic N) is 2. The first kappa shape index (κ1) is 20.5. The van der Waals surface area contributed by atoms with E-state index in [4.69, 9.17) is 21.1 Å². The standard InChI is InChI=1S/C21H20ClN3O4/c1-4-17(20(26)25-16-10-12(2)14(22)11-18(16)28-3)29-21(27)13-6-5-7-15-19(13)24-9-8-23-15/h5-11,17H,4H2,1-3H3,(H,25,26). The van der Waals surface area contributed by atoms with Gasteiger partial charge in [0.15, 0.2) is 6.10 Å². The van der Waals surface area contributed by atoms with Crippen molar-refractivity contribution in [2.45, 2.75) is 26.4 Å². The Kier molecular flexibility index (Phi) is 6.29. The molecule has 3 aromatic rings. The Morgan fingerprint density at radius 2 is 1.97 bits per heavy atom. The molecule has 0 aliphatic rings. The number of fused-ring (bicyclic) bond motifs is 1. The summed E-state index contributed by atoms with van der Waals surface area (Å²) in [6, 6.07) is 8.35. The highest BCUT2D eigenvalue weighted by Crippen LogP contribution is 2.31. The van der Waals surface area contributed by atoms with Gasteiger partial charge in [-0.05, 0) is 37.1 Å². The first-order chi connectivity index (χ1) is 13.9. The van der Waals surface area contributed by atoms with E-state index in [1.54, 1.807) is 43.5 Å². The summed E-state index contributed by atoms with van der Waals surface area (Å²) < 4.78 is 10.7. The van der Waals surface area contributed by atoms with Crippen LogP contribution >= 0.6 is 11.6 Å². The quantitative estimate of drug-likeness (QED) is 0.610. The maximum atomic E-state index is 12.7. The maximum absolute atomic E-state index is 12.7. The van der Waals surface area contributed by atoms with Crippen LogP contribution in [-0.4, -0.2) is 35.1 Å². The number of methoxy groups -OCH3 is 1. The van der Waals surface area contributed by atoms with Gasteiger partial charge in [-0.1, -0.05) is 24.6 Å². The molecule has 7 nitrogen and oxygen atoms in total.